The van der Waals surface area contributed by atoms with E-state index in [1.165, 1.54) is 28.5 Å². The van der Waals surface area contributed by atoms with E-state index in [1.807, 2.05) is 102 Å². The third-order valence-corrected chi connectivity index (χ3v) is 18.5. The molecule has 11 rings (SSSR count). The van der Waals surface area contributed by atoms with Crippen LogP contribution in [0.5, 0.6) is 40.6 Å². The minimum atomic E-state index is -0.544. The summed E-state index contributed by atoms with van der Waals surface area (Å²) in [5, 5.41) is 34.7. The first-order chi connectivity index (χ1) is 49.6. The van der Waals surface area contributed by atoms with Crippen LogP contribution in [-0.2, 0) is 9.47 Å². The molecule has 4 saturated heterocycles. The molecular weight excluding hydrogens is 1310 g/mol. The highest BCUT2D eigenvalue weighted by Crippen LogP contribution is 2.38. The molecule has 0 radical (unpaired) electrons. The van der Waals surface area contributed by atoms with E-state index in [2.05, 4.69) is 74.1 Å². The summed E-state index contributed by atoms with van der Waals surface area (Å²) in [5.41, 5.74) is 10.7. The zero-order valence-electron chi connectivity index (χ0n) is 60.9. The number of hydrogen-bond donors (Lipinski definition) is 4. The topological polar surface area (TPSA) is 297 Å². The molecule has 4 aromatic carbocycles. The number of aromatic nitrogens is 3. The molecule has 4 fully saturated rings. The molecule has 0 bridgehead atoms. The lowest BCUT2D eigenvalue weighted by Gasteiger charge is -2.39. The average molecular weight is 1410 g/mol. The Labute approximate surface area is 605 Å². The number of hydrogen-bond acceptors (Lipinski definition) is 20. The number of benzene rings is 4. The van der Waals surface area contributed by atoms with Crippen molar-refractivity contribution in [1.29, 1.82) is 10.5 Å². The van der Waals surface area contributed by atoms with Crippen LogP contribution in [0.15, 0.2) is 152 Å². The molecular formula is C80H100N10O13. The molecule has 103 heavy (non-hydrogen) atoms. The Kier molecular flexibility index (Phi) is 29.5. The lowest BCUT2D eigenvalue weighted by Crippen LogP contribution is -2.46. The maximum Gasteiger partial charge on any atom is 0.410 e. The van der Waals surface area contributed by atoms with Gasteiger partial charge in [0.05, 0.1) is 71.5 Å². The Bertz CT molecular complexity index is 3880. The van der Waals surface area contributed by atoms with Crippen LogP contribution in [-0.4, -0.2) is 166 Å². The second-order valence-corrected chi connectivity index (χ2v) is 27.8. The number of nitrogens with zero attached hydrogens (tertiary/aromatic N) is 7. The Morgan fingerprint density at radius 1 is 0.485 bits per heavy atom. The van der Waals surface area contributed by atoms with E-state index in [1.54, 1.807) is 87.0 Å². The Morgan fingerprint density at radius 2 is 0.816 bits per heavy atom. The largest absolute Gasteiger partial charge is 0.497 e. The number of methoxy groups -OCH3 is 4. The van der Waals surface area contributed by atoms with Crippen molar-refractivity contribution < 1.29 is 62.1 Å². The summed E-state index contributed by atoms with van der Waals surface area (Å²) in [4.78, 5) is 52.1. The molecule has 4 aliphatic rings. The molecule has 23 heteroatoms. The van der Waals surface area contributed by atoms with Gasteiger partial charge in [0.1, 0.15) is 34.2 Å². The molecule has 7 aromatic rings. The molecule has 4 aliphatic heterocycles. The summed E-state index contributed by atoms with van der Waals surface area (Å²) in [6.45, 7) is 18.8. The summed E-state index contributed by atoms with van der Waals surface area (Å²) in [6.07, 6.45) is 7.83. The summed E-state index contributed by atoms with van der Waals surface area (Å²) < 4.78 is 49.6. The number of pyridine rings is 3. The second-order valence-electron chi connectivity index (χ2n) is 27.8. The van der Waals surface area contributed by atoms with Crippen LogP contribution < -0.4 is 49.5 Å². The van der Waals surface area contributed by atoms with Crippen molar-refractivity contribution in [2.45, 2.75) is 102 Å². The van der Waals surface area contributed by atoms with Gasteiger partial charge in [0.15, 0.2) is 0 Å². The number of nitriles is 2. The van der Waals surface area contributed by atoms with Gasteiger partial charge in [-0.2, -0.15) is 10.5 Å². The zero-order chi connectivity index (χ0) is 73.9. The molecule has 0 spiro atoms. The van der Waals surface area contributed by atoms with Gasteiger partial charge >= 0.3 is 12.2 Å². The standard InChI is InChI=1S/C24H29N3O4.C19H23N3O3.C19H21N3O2.C18H27NO4/c1-24(2,3)31-23(28)27-12-10-21(18-5-7-20(29-4)8-6-18)19(15-27)16-30-22-13-17(14-25)9-11-26-22;1-24-16-4-2-13(3-5-16)17-7-8-21-11-15(17)12-25-18-10-14(19(20)23)6-9-22-18;1-23-17-4-2-15(3-5-17)18-7-8-21-12-16(18)13-24-19-10-14(11-20)6-9-22-19;1-18(2,3)23-17(21)19-10-9-16(14(11-19)12-20)13-5-7-15(22-4)8-6-13/h5-9,11,13,19,21H,10,12,15-16H2,1-4H3;2-6,9-10,15,17,21H,7-8,11-12H2,1H3,(H2,20,23);2-6,9-10,16,18,21H,7-8,12-13H2,1H3;5-8,14,16,20H,9-12H2,1-4H3/t19-,21-;15-,17-;16-,18-;14-,16-/m0000/s1. The number of amides is 3. The van der Waals surface area contributed by atoms with Crippen molar-refractivity contribution >= 4 is 18.1 Å². The van der Waals surface area contributed by atoms with Gasteiger partial charge in [-0.1, -0.05) is 48.5 Å². The summed E-state index contributed by atoms with van der Waals surface area (Å²) >= 11 is 0. The predicted molar refractivity (Wildman–Crippen MR) is 391 cm³/mol. The molecule has 0 saturated carbocycles. The highest BCUT2D eigenvalue weighted by Gasteiger charge is 2.37. The normalized spacial score (nSPS) is 20.1. The van der Waals surface area contributed by atoms with Crippen LogP contribution in [0.2, 0.25) is 0 Å². The minimum Gasteiger partial charge on any atom is -0.497 e. The van der Waals surface area contributed by atoms with Crippen molar-refractivity contribution in [3.8, 4) is 52.8 Å². The van der Waals surface area contributed by atoms with Crippen LogP contribution >= 0.6 is 0 Å². The number of piperidine rings is 4. The maximum atomic E-state index is 12.6. The number of rotatable bonds is 19. The molecule has 7 heterocycles. The van der Waals surface area contributed by atoms with Gasteiger partial charge in [-0.3, -0.25) is 4.79 Å². The van der Waals surface area contributed by atoms with Crippen LogP contribution in [0.25, 0.3) is 0 Å². The van der Waals surface area contributed by atoms with Crippen molar-refractivity contribution in [3.63, 3.8) is 0 Å². The number of aliphatic hydroxyl groups is 1. The first-order valence-electron chi connectivity index (χ1n) is 35.0. The first kappa shape index (κ1) is 78.5. The van der Waals surface area contributed by atoms with Crippen LogP contribution in [0, 0.1) is 46.3 Å². The number of carbonyl (C=O) groups excluding carboxylic acids is 3. The van der Waals surface area contributed by atoms with Gasteiger partial charge < -0.3 is 73.9 Å². The van der Waals surface area contributed by atoms with Gasteiger partial charge in [0.2, 0.25) is 23.5 Å². The summed E-state index contributed by atoms with van der Waals surface area (Å²) in [7, 11) is 6.64. The number of primary amides is 1. The lowest BCUT2D eigenvalue weighted by molar-refractivity contribution is 0.00947. The summed E-state index contributed by atoms with van der Waals surface area (Å²) in [5.74, 6) is 6.26. The van der Waals surface area contributed by atoms with Crippen LogP contribution in [0.3, 0.4) is 0 Å². The van der Waals surface area contributed by atoms with E-state index in [0.29, 0.717) is 104 Å². The average Bonchev–Trinajstić information content (AvgIpc) is 0.825. The number of aliphatic hydroxyl groups excluding tert-OH is 1. The second kappa shape index (κ2) is 38.7. The number of carbonyl (C=O) groups is 3. The first-order valence-corrected chi connectivity index (χ1v) is 35.0. The van der Waals surface area contributed by atoms with E-state index < -0.39 is 17.1 Å². The Morgan fingerprint density at radius 3 is 1.16 bits per heavy atom. The third-order valence-electron chi connectivity index (χ3n) is 18.5. The number of likely N-dealkylation sites (tertiary alicyclic amines) is 2. The molecule has 5 N–H and O–H groups in total. The fourth-order valence-corrected chi connectivity index (χ4v) is 13.1. The fourth-order valence-electron chi connectivity index (χ4n) is 13.1. The summed E-state index contributed by atoms with van der Waals surface area (Å²) in [6, 6.07) is 46.5. The minimum absolute atomic E-state index is 0.0182. The smallest absolute Gasteiger partial charge is 0.410 e. The van der Waals surface area contributed by atoms with Gasteiger partial charge in [0.25, 0.3) is 0 Å². The van der Waals surface area contributed by atoms with Crippen molar-refractivity contribution in [3.05, 3.63) is 191 Å². The SMILES string of the molecule is COc1ccc([C@@H]2CCN(C(=O)OC(C)(C)C)C[C@H]2CO)cc1.COc1ccc([C@@H]2CCN(C(=O)OC(C)(C)C)C[C@H]2COc2cc(C#N)ccn2)cc1.COc1ccc([C@@H]2CCNC[C@H]2COc2cc(C#N)ccn2)cc1.COc1ccc([C@@H]2CCNC[C@H]2COc2cc(C(N)=O)ccn2)cc1. The zero-order valence-corrected chi connectivity index (χ0v) is 60.9. The van der Waals surface area contributed by atoms with E-state index in [-0.39, 0.29) is 42.5 Å². The molecule has 8 atom stereocenters. The fraction of sp³-hybridized carbons (Fsp3) is 0.450. The Balaban J connectivity index is 0.000000175. The molecule has 23 nitrogen and oxygen atoms in total. The predicted octanol–water partition coefficient (Wildman–Crippen LogP) is 12.1. The van der Waals surface area contributed by atoms with Gasteiger partial charge in [-0.15, -0.1) is 0 Å². The number of ether oxygens (including phenoxy) is 9. The van der Waals surface area contributed by atoms with Gasteiger partial charge in [-0.25, -0.2) is 24.5 Å². The quantitative estimate of drug-likeness (QED) is 0.0585. The van der Waals surface area contributed by atoms with Crippen LogP contribution in [0.4, 0.5) is 9.59 Å². The van der Waals surface area contributed by atoms with E-state index in [4.69, 9.17) is 58.9 Å². The number of nitrogens with two attached hydrogens (primary N) is 1. The molecule has 0 unspecified atom stereocenters. The van der Waals surface area contributed by atoms with Gasteiger partial charge in [-0.05, 0) is 193 Å². The monoisotopic (exact) mass is 1410 g/mol. The molecule has 3 aromatic heterocycles. The van der Waals surface area contributed by atoms with Gasteiger partial charge in [0, 0.05) is 112 Å². The molecule has 3 amide bonds. The van der Waals surface area contributed by atoms with E-state index in [9.17, 15) is 19.5 Å². The van der Waals surface area contributed by atoms with Crippen molar-refractivity contribution in [2.75, 3.05) is 107 Å². The maximum absolute atomic E-state index is 12.6. The molecule has 0 aliphatic carbocycles. The number of nitrogens with one attached hydrogen (secondary N) is 2. The van der Waals surface area contributed by atoms with Crippen molar-refractivity contribution in [1.82, 2.24) is 35.4 Å². The van der Waals surface area contributed by atoms with Crippen molar-refractivity contribution in [2.24, 2.45) is 29.4 Å². The van der Waals surface area contributed by atoms with Crippen LogP contribution in [0.1, 0.15) is 135 Å². The van der Waals surface area contributed by atoms with E-state index >= 15 is 0 Å². The highest BCUT2D eigenvalue weighted by atomic mass is 16.6. The lowest BCUT2D eigenvalue weighted by atomic mass is 9.81. The highest BCUT2D eigenvalue weighted by molar-refractivity contribution is 5.92. The third kappa shape index (κ3) is 24.2. The van der Waals surface area contributed by atoms with E-state index in [0.717, 1.165) is 74.9 Å². The Hall–Kier alpha value is -10.2. The molecule has 548 valence electrons.